The molecule has 0 saturated carbocycles. The third kappa shape index (κ3) is 3.96. The highest BCUT2D eigenvalue weighted by atomic mass is 35.5. The first-order valence-electron chi connectivity index (χ1n) is 11.5. The number of pyridine rings is 1. The first kappa shape index (κ1) is 22.8. The van der Waals surface area contributed by atoms with Gasteiger partial charge >= 0.3 is 5.97 Å². The number of fused-ring (bicyclic) bond motifs is 4. The lowest BCUT2D eigenvalue weighted by atomic mass is 9.73. The Balaban J connectivity index is 1.64. The topological polar surface area (TPSA) is 71.9 Å². The van der Waals surface area contributed by atoms with Gasteiger partial charge in [-0.25, -0.2) is 9.78 Å². The van der Waals surface area contributed by atoms with Crippen LogP contribution in [0.4, 0.5) is 0 Å². The van der Waals surface area contributed by atoms with E-state index in [1.807, 2.05) is 30.3 Å². The van der Waals surface area contributed by atoms with E-state index in [2.05, 4.69) is 21.8 Å². The molecule has 0 radical (unpaired) electrons. The summed E-state index contributed by atoms with van der Waals surface area (Å²) in [6.07, 6.45) is 3.37. The molecule has 2 unspecified atom stereocenters. The van der Waals surface area contributed by atoms with Gasteiger partial charge in [0.05, 0.1) is 30.0 Å². The molecule has 2 bridgehead atoms. The summed E-state index contributed by atoms with van der Waals surface area (Å²) in [4.78, 5) is 19.5. The number of aliphatic hydroxyl groups excluding tert-OH is 1. The van der Waals surface area contributed by atoms with Gasteiger partial charge in [0.2, 0.25) is 0 Å². The summed E-state index contributed by atoms with van der Waals surface area (Å²) in [7, 11) is 1.62. The molecule has 0 aliphatic carbocycles. The number of aromatic nitrogens is 1. The number of carbonyl (C=O) groups excluding carboxylic acids is 1. The Labute approximate surface area is 203 Å². The number of halogens is 1. The van der Waals surface area contributed by atoms with Crippen LogP contribution in [0.1, 0.15) is 34.9 Å². The van der Waals surface area contributed by atoms with E-state index in [-0.39, 0.29) is 6.04 Å². The van der Waals surface area contributed by atoms with E-state index in [4.69, 9.17) is 21.6 Å². The number of benzene rings is 2. The van der Waals surface area contributed by atoms with Gasteiger partial charge in [0.1, 0.15) is 17.6 Å². The first-order valence-corrected chi connectivity index (χ1v) is 11.8. The Morgan fingerprint density at radius 2 is 2.12 bits per heavy atom. The molecule has 2 aromatic carbocycles. The zero-order valence-electron chi connectivity index (χ0n) is 19.0. The van der Waals surface area contributed by atoms with Crippen LogP contribution in [0.3, 0.4) is 0 Å². The molecule has 7 heteroatoms. The predicted octanol–water partition coefficient (Wildman–Crippen LogP) is 5.15. The van der Waals surface area contributed by atoms with E-state index >= 15 is 0 Å². The van der Waals surface area contributed by atoms with Gasteiger partial charge in [-0.3, -0.25) is 4.90 Å². The summed E-state index contributed by atoms with van der Waals surface area (Å²) in [6, 6.07) is 14.5. The van der Waals surface area contributed by atoms with Crippen molar-refractivity contribution in [2.75, 3.05) is 20.2 Å². The number of piperidine rings is 3. The molecule has 1 N–H and O–H groups in total. The Kier molecular flexibility index (Phi) is 6.30. The minimum absolute atomic E-state index is 0.00246. The second-order valence-corrected chi connectivity index (χ2v) is 9.24. The van der Waals surface area contributed by atoms with E-state index in [0.29, 0.717) is 39.9 Å². The van der Waals surface area contributed by atoms with E-state index in [1.165, 1.54) is 0 Å². The van der Waals surface area contributed by atoms with Crippen molar-refractivity contribution < 1.29 is 18.9 Å². The number of nitrogens with zero attached hydrogens (tertiary/aromatic N) is 2. The maximum Gasteiger partial charge on any atom is 0.356 e. The quantitative estimate of drug-likeness (QED) is 0.494. The lowest BCUT2D eigenvalue weighted by Crippen LogP contribution is -2.54. The number of rotatable bonds is 6. The van der Waals surface area contributed by atoms with Crippen LogP contribution in [-0.4, -0.2) is 47.2 Å². The first-order chi connectivity index (χ1) is 16.5. The maximum absolute atomic E-state index is 12.3. The lowest BCUT2D eigenvalue weighted by molar-refractivity contribution is -0.0444. The molecule has 6 rings (SSSR count). The smallest absolute Gasteiger partial charge is 0.356 e. The van der Waals surface area contributed by atoms with Gasteiger partial charge in [-0.05, 0) is 67.1 Å². The third-order valence-corrected chi connectivity index (χ3v) is 7.52. The zero-order valence-corrected chi connectivity index (χ0v) is 19.7. The second-order valence-electron chi connectivity index (χ2n) is 9.08. The number of hydrogen-bond acceptors (Lipinski definition) is 6. The molecule has 1 aromatic heterocycles. The van der Waals surface area contributed by atoms with Crippen LogP contribution < -0.4 is 4.74 Å². The van der Waals surface area contributed by atoms with E-state index in [1.54, 1.807) is 25.3 Å². The van der Waals surface area contributed by atoms with Crippen molar-refractivity contribution >= 4 is 28.7 Å². The van der Waals surface area contributed by atoms with Gasteiger partial charge in [-0.15, -0.1) is 6.58 Å². The predicted molar refractivity (Wildman–Crippen MR) is 132 cm³/mol. The highest BCUT2D eigenvalue weighted by molar-refractivity contribution is 6.16. The van der Waals surface area contributed by atoms with Crippen LogP contribution in [0.15, 0.2) is 61.2 Å². The van der Waals surface area contributed by atoms with Crippen molar-refractivity contribution in [3.05, 3.63) is 72.3 Å². The van der Waals surface area contributed by atoms with E-state index in [9.17, 15) is 9.90 Å². The van der Waals surface area contributed by atoms with Crippen molar-refractivity contribution in [1.82, 2.24) is 9.88 Å². The summed E-state index contributed by atoms with van der Waals surface area (Å²) >= 11 is 5.38. The van der Waals surface area contributed by atoms with Crippen LogP contribution in [0.25, 0.3) is 22.2 Å². The SMILES string of the molecule is C=C[C@H]1CN2CCC1C[C@H]2[C@H](O)c1cc(-c2ccccc2C(=O)OCl)nc2ccc(OC)cc12. The van der Waals surface area contributed by atoms with Gasteiger partial charge in [0.25, 0.3) is 0 Å². The van der Waals surface area contributed by atoms with Crippen molar-refractivity contribution in [2.24, 2.45) is 11.8 Å². The Morgan fingerprint density at radius 1 is 1.29 bits per heavy atom. The normalized spacial score (nSPS) is 24.6. The van der Waals surface area contributed by atoms with Crippen molar-refractivity contribution in [3.8, 4) is 17.0 Å². The molecule has 6 nitrogen and oxygen atoms in total. The fourth-order valence-corrected chi connectivity index (χ4v) is 5.66. The van der Waals surface area contributed by atoms with Gasteiger partial charge in [-0.2, -0.15) is 0 Å². The molecule has 0 amide bonds. The van der Waals surface area contributed by atoms with Crippen molar-refractivity contribution in [3.63, 3.8) is 0 Å². The standard InChI is InChI=1S/C27H27ClN2O4/c1-3-16-15-30-11-10-17(16)12-25(30)26(31)22-14-24(19-6-4-5-7-20(19)27(32)34-28)29-23-9-8-18(33-2)13-21(22)23/h3-9,13-14,16-17,25-26,31H,1,10-12,15H2,2H3/t16-,17?,25-,26+/m0/s1. The van der Waals surface area contributed by atoms with Gasteiger partial charge < -0.3 is 14.1 Å². The van der Waals surface area contributed by atoms with Crippen LogP contribution in [-0.2, 0) is 4.29 Å². The molecule has 176 valence electrons. The van der Waals surface area contributed by atoms with Gasteiger partial charge in [0, 0.05) is 23.5 Å². The molecule has 0 spiro atoms. The average Bonchev–Trinajstić information content (AvgIpc) is 2.91. The van der Waals surface area contributed by atoms with Crippen LogP contribution >= 0.6 is 11.9 Å². The molecule has 3 aliphatic rings. The molecular weight excluding hydrogens is 452 g/mol. The van der Waals surface area contributed by atoms with Crippen LogP contribution in [0.2, 0.25) is 0 Å². The summed E-state index contributed by atoms with van der Waals surface area (Å²) < 4.78 is 9.92. The highest BCUT2D eigenvalue weighted by Gasteiger charge is 2.42. The van der Waals surface area contributed by atoms with E-state index < -0.39 is 12.1 Å². The average molecular weight is 479 g/mol. The van der Waals surface area contributed by atoms with Gasteiger partial charge in [-0.1, -0.05) is 24.3 Å². The highest BCUT2D eigenvalue weighted by Crippen LogP contribution is 2.43. The molecule has 3 aliphatic heterocycles. The summed E-state index contributed by atoms with van der Waals surface area (Å²) in [5.74, 6) is 1.04. The summed E-state index contributed by atoms with van der Waals surface area (Å²) in [5.41, 5.74) is 2.95. The summed E-state index contributed by atoms with van der Waals surface area (Å²) in [6.45, 7) is 5.90. The number of ether oxygens (including phenoxy) is 1. The number of hydrogen-bond donors (Lipinski definition) is 1. The maximum atomic E-state index is 12.3. The van der Waals surface area contributed by atoms with Crippen LogP contribution in [0.5, 0.6) is 5.75 Å². The fraction of sp³-hybridized carbons (Fsp3) is 0.333. The van der Waals surface area contributed by atoms with Gasteiger partial charge in [0.15, 0.2) is 0 Å². The molecule has 3 saturated heterocycles. The van der Waals surface area contributed by atoms with Crippen LogP contribution in [0, 0.1) is 11.8 Å². The molecule has 3 aromatic rings. The number of aliphatic hydroxyl groups is 1. The molecule has 34 heavy (non-hydrogen) atoms. The minimum atomic E-state index is -0.725. The molecule has 3 fully saturated rings. The van der Waals surface area contributed by atoms with Crippen molar-refractivity contribution in [1.29, 1.82) is 0 Å². The third-order valence-electron chi connectivity index (χ3n) is 7.38. The largest absolute Gasteiger partial charge is 0.497 e. The summed E-state index contributed by atoms with van der Waals surface area (Å²) in [5, 5.41) is 12.6. The zero-order chi connectivity index (χ0) is 23.8. The Bertz CT molecular complexity index is 1250. The molecule has 4 heterocycles. The fourth-order valence-electron chi connectivity index (χ4n) is 5.58. The molecular formula is C27H27ClN2O4. The lowest BCUT2D eigenvalue weighted by Gasteiger charge is -2.50. The number of carbonyl (C=O) groups is 1. The Morgan fingerprint density at radius 3 is 2.82 bits per heavy atom. The molecule has 5 atom stereocenters. The monoisotopic (exact) mass is 478 g/mol. The number of methoxy groups -OCH3 is 1. The Hall–Kier alpha value is -2.93. The minimum Gasteiger partial charge on any atom is -0.497 e. The van der Waals surface area contributed by atoms with Crippen molar-refractivity contribution in [2.45, 2.75) is 25.0 Å². The second kappa shape index (κ2) is 9.37. The van der Waals surface area contributed by atoms with E-state index in [0.717, 1.165) is 36.9 Å².